The largest absolute Gasteiger partial charge is 0.469 e. The van der Waals surface area contributed by atoms with Gasteiger partial charge in [-0.05, 0) is 12.0 Å². The normalized spacial score (nSPS) is 13.3. The van der Waals surface area contributed by atoms with Gasteiger partial charge in [0.15, 0.2) is 0 Å². The molecule has 1 rings (SSSR count). The van der Waals surface area contributed by atoms with E-state index in [0.29, 0.717) is 0 Å². The molecule has 10 heteroatoms. The molecule has 0 bridgehead atoms. The minimum absolute atomic E-state index is 0.0226. The van der Waals surface area contributed by atoms with E-state index in [2.05, 4.69) is 20.1 Å². The van der Waals surface area contributed by atoms with E-state index >= 15 is 0 Å². The molecule has 3 N–H and O–H groups in total. The van der Waals surface area contributed by atoms with Crippen molar-refractivity contribution in [1.29, 1.82) is 0 Å². The molecule has 0 heterocycles. The Kier molecular flexibility index (Phi) is 10.9. The lowest BCUT2D eigenvalue weighted by atomic mass is 10.0. The zero-order chi connectivity index (χ0) is 22.5. The van der Waals surface area contributed by atoms with Gasteiger partial charge in [-0.25, -0.2) is 9.59 Å². The second-order valence-electron chi connectivity index (χ2n) is 6.60. The van der Waals surface area contributed by atoms with Gasteiger partial charge in [0.2, 0.25) is 5.91 Å². The highest BCUT2D eigenvalue weighted by Gasteiger charge is 2.27. The van der Waals surface area contributed by atoms with Crippen molar-refractivity contribution in [2.45, 2.75) is 38.5 Å². The molecule has 0 saturated heterocycles. The SMILES string of the molecule is COC(=O)[C@@H](C)C[C@@H](NC(=O)C[C@@H](O)CNC(=O)OCc1ccccc1)C(=O)OC. The van der Waals surface area contributed by atoms with E-state index in [4.69, 9.17) is 4.74 Å². The first-order valence-corrected chi connectivity index (χ1v) is 9.34. The number of alkyl carbamates (subject to hydrolysis) is 1. The lowest BCUT2D eigenvalue weighted by Gasteiger charge is -2.20. The fraction of sp³-hybridized carbons (Fsp3) is 0.500. The first-order chi connectivity index (χ1) is 14.3. The van der Waals surface area contributed by atoms with Crippen molar-refractivity contribution in [3.63, 3.8) is 0 Å². The molecule has 0 spiro atoms. The lowest BCUT2D eigenvalue weighted by Crippen LogP contribution is -2.45. The number of rotatable bonds is 11. The number of hydrogen-bond acceptors (Lipinski definition) is 8. The number of methoxy groups -OCH3 is 2. The van der Waals surface area contributed by atoms with E-state index in [9.17, 15) is 24.3 Å². The standard InChI is InChI=1S/C20H28N2O8/c1-13(18(25)28-2)9-16(19(26)29-3)22-17(24)10-15(23)11-21-20(27)30-12-14-7-5-4-6-8-14/h4-8,13,15-16,23H,9-12H2,1-3H3,(H,21,27)(H,22,24)/t13-,15+,16+/m0/s1. The molecule has 0 aliphatic carbocycles. The average molecular weight is 424 g/mol. The number of ether oxygens (including phenoxy) is 3. The third kappa shape index (κ3) is 9.37. The fourth-order valence-corrected chi connectivity index (χ4v) is 2.52. The van der Waals surface area contributed by atoms with Crippen molar-refractivity contribution in [2.24, 2.45) is 5.92 Å². The van der Waals surface area contributed by atoms with Crippen molar-refractivity contribution in [3.05, 3.63) is 35.9 Å². The van der Waals surface area contributed by atoms with Crippen LogP contribution in [0.25, 0.3) is 0 Å². The predicted octanol–water partition coefficient (Wildman–Crippen LogP) is 0.521. The Morgan fingerprint density at radius 3 is 2.27 bits per heavy atom. The van der Waals surface area contributed by atoms with Crippen LogP contribution in [0.4, 0.5) is 4.79 Å². The molecule has 0 radical (unpaired) electrons. The highest BCUT2D eigenvalue weighted by atomic mass is 16.5. The Balaban J connectivity index is 2.42. The summed E-state index contributed by atoms with van der Waals surface area (Å²) >= 11 is 0. The van der Waals surface area contributed by atoms with E-state index in [-0.39, 0.29) is 26.0 Å². The maximum absolute atomic E-state index is 12.1. The van der Waals surface area contributed by atoms with E-state index < -0.39 is 42.0 Å². The molecule has 30 heavy (non-hydrogen) atoms. The van der Waals surface area contributed by atoms with Crippen LogP contribution in [0.1, 0.15) is 25.3 Å². The molecule has 166 valence electrons. The van der Waals surface area contributed by atoms with Gasteiger partial charge in [-0.1, -0.05) is 37.3 Å². The third-order valence-electron chi connectivity index (χ3n) is 4.13. The Bertz CT molecular complexity index is 710. The lowest BCUT2D eigenvalue weighted by molar-refractivity contribution is -0.149. The Labute approximate surface area is 174 Å². The molecule has 0 fully saturated rings. The van der Waals surface area contributed by atoms with Gasteiger partial charge in [0.25, 0.3) is 0 Å². The molecule has 0 aliphatic heterocycles. The fourth-order valence-electron chi connectivity index (χ4n) is 2.52. The zero-order valence-corrected chi connectivity index (χ0v) is 17.3. The maximum Gasteiger partial charge on any atom is 0.407 e. The van der Waals surface area contributed by atoms with Crippen LogP contribution in [0.2, 0.25) is 0 Å². The molecule has 10 nitrogen and oxygen atoms in total. The van der Waals surface area contributed by atoms with Crippen molar-refractivity contribution in [2.75, 3.05) is 20.8 Å². The molecule has 3 atom stereocenters. The Morgan fingerprint density at radius 1 is 1.03 bits per heavy atom. The van der Waals surface area contributed by atoms with Crippen LogP contribution in [0.5, 0.6) is 0 Å². The summed E-state index contributed by atoms with van der Waals surface area (Å²) < 4.78 is 14.2. The van der Waals surface area contributed by atoms with E-state index in [1.807, 2.05) is 18.2 Å². The highest BCUT2D eigenvalue weighted by molar-refractivity contribution is 5.85. The van der Waals surface area contributed by atoms with Crippen LogP contribution < -0.4 is 10.6 Å². The van der Waals surface area contributed by atoms with Crippen LogP contribution >= 0.6 is 0 Å². The predicted molar refractivity (Wildman–Crippen MR) is 105 cm³/mol. The average Bonchev–Trinajstić information content (AvgIpc) is 2.75. The van der Waals surface area contributed by atoms with Gasteiger partial charge in [-0.2, -0.15) is 0 Å². The van der Waals surface area contributed by atoms with Crippen LogP contribution in [0.3, 0.4) is 0 Å². The minimum atomic E-state index is -1.20. The van der Waals surface area contributed by atoms with E-state index in [1.54, 1.807) is 19.1 Å². The van der Waals surface area contributed by atoms with Crippen molar-refractivity contribution in [3.8, 4) is 0 Å². The molecule has 1 aromatic carbocycles. The first kappa shape index (κ1) is 24.9. The number of aliphatic hydroxyl groups is 1. The number of carbonyl (C=O) groups is 4. The van der Waals surface area contributed by atoms with Crippen molar-refractivity contribution >= 4 is 23.9 Å². The number of carbonyl (C=O) groups excluding carboxylic acids is 4. The summed E-state index contributed by atoms with van der Waals surface area (Å²) in [7, 11) is 2.38. The molecule has 1 aromatic rings. The van der Waals surface area contributed by atoms with Crippen molar-refractivity contribution in [1.82, 2.24) is 10.6 Å². The van der Waals surface area contributed by atoms with Gasteiger partial charge < -0.3 is 30.0 Å². The van der Waals surface area contributed by atoms with Gasteiger partial charge in [0, 0.05) is 6.54 Å². The van der Waals surface area contributed by atoms with Gasteiger partial charge in [-0.15, -0.1) is 0 Å². The van der Waals surface area contributed by atoms with Crippen LogP contribution in [0, 0.1) is 5.92 Å². The molecular weight excluding hydrogens is 396 g/mol. The van der Waals surface area contributed by atoms with Crippen LogP contribution in [-0.2, 0) is 35.2 Å². The summed E-state index contributed by atoms with van der Waals surface area (Å²) in [5.41, 5.74) is 0.808. The number of nitrogens with one attached hydrogen (secondary N) is 2. The smallest absolute Gasteiger partial charge is 0.407 e. The number of hydrogen-bond donors (Lipinski definition) is 3. The Morgan fingerprint density at radius 2 is 1.67 bits per heavy atom. The van der Waals surface area contributed by atoms with Gasteiger partial charge >= 0.3 is 18.0 Å². The number of esters is 2. The van der Waals surface area contributed by atoms with Gasteiger partial charge in [0.1, 0.15) is 12.6 Å². The quantitative estimate of drug-likeness (QED) is 0.345. The zero-order valence-electron chi connectivity index (χ0n) is 17.3. The van der Waals surface area contributed by atoms with E-state index in [1.165, 1.54) is 7.11 Å². The molecule has 0 aromatic heterocycles. The second kappa shape index (κ2) is 13.2. The summed E-state index contributed by atoms with van der Waals surface area (Å²) in [6.45, 7) is 1.40. The second-order valence-corrected chi connectivity index (χ2v) is 6.60. The topological polar surface area (TPSA) is 140 Å². The van der Waals surface area contributed by atoms with Gasteiger partial charge in [0.05, 0.1) is 32.7 Å². The third-order valence-corrected chi connectivity index (χ3v) is 4.13. The number of amides is 2. The highest BCUT2D eigenvalue weighted by Crippen LogP contribution is 2.10. The van der Waals surface area contributed by atoms with Crippen LogP contribution in [0.15, 0.2) is 30.3 Å². The summed E-state index contributed by atoms with van der Waals surface area (Å²) in [4.78, 5) is 47.2. The minimum Gasteiger partial charge on any atom is -0.469 e. The van der Waals surface area contributed by atoms with Crippen molar-refractivity contribution < 1.29 is 38.5 Å². The molecule has 0 aliphatic rings. The molecule has 0 unspecified atom stereocenters. The van der Waals surface area contributed by atoms with E-state index in [0.717, 1.165) is 12.7 Å². The first-order valence-electron chi connectivity index (χ1n) is 9.34. The molecular formula is C20H28N2O8. The summed E-state index contributed by atoms with van der Waals surface area (Å²) in [6, 6.07) is 7.98. The molecule has 0 saturated carbocycles. The molecule has 2 amide bonds. The van der Waals surface area contributed by atoms with Gasteiger partial charge in [-0.3, -0.25) is 9.59 Å². The Hall–Kier alpha value is -3.14. The maximum atomic E-state index is 12.1. The summed E-state index contributed by atoms with van der Waals surface area (Å²) in [6.07, 6.45) is -2.34. The van der Waals surface area contributed by atoms with Crippen LogP contribution in [-0.4, -0.2) is 62.0 Å². The number of aliphatic hydroxyl groups excluding tert-OH is 1. The monoisotopic (exact) mass is 424 g/mol. The summed E-state index contributed by atoms with van der Waals surface area (Å²) in [5, 5.41) is 14.7. The number of benzene rings is 1. The summed E-state index contributed by atoms with van der Waals surface area (Å²) in [5.74, 6) is -2.55.